The number of rotatable bonds is 14. The van der Waals surface area contributed by atoms with Crippen LogP contribution in [-0.2, 0) is 14.4 Å². The van der Waals surface area contributed by atoms with Crippen molar-refractivity contribution in [3.63, 3.8) is 0 Å². The van der Waals surface area contributed by atoms with E-state index in [1.54, 1.807) is 0 Å². The van der Waals surface area contributed by atoms with E-state index in [-0.39, 0.29) is 11.4 Å². The molecule has 0 radical (unpaired) electrons. The van der Waals surface area contributed by atoms with Crippen LogP contribution >= 0.6 is 0 Å². The molecule has 16 heteroatoms. The van der Waals surface area contributed by atoms with Gasteiger partial charge < -0.3 is 20.9 Å². The molecule has 0 unspecified atom stereocenters. The third kappa shape index (κ3) is 12.6. The van der Waals surface area contributed by atoms with Gasteiger partial charge in [-0.1, -0.05) is 0 Å². The van der Waals surface area contributed by atoms with Gasteiger partial charge in [0.2, 0.25) is 5.78 Å². The second-order valence-corrected chi connectivity index (χ2v) is 6.85. The Morgan fingerprint density at radius 1 is 0.636 bits per heavy atom. The fourth-order valence-corrected chi connectivity index (χ4v) is 2.58. The molecule has 0 saturated carbocycles. The molecule has 0 aromatic heterocycles. The molecule has 33 heavy (non-hydrogen) atoms. The van der Waals surface area contributed by atoms with Crippen LogP contribution in [0.2, 0.25) is 0 Å². The molecule has 0 spiro atoms. The van der Waals surface area contributed by atoms with Crippen LogP contribution < -0.4 is 11.1 Å². The summed E-state index contributed by atoms with van der Waals surface area (Å²) in [5.74, 6) is -6.84. The normalized spacial score (nSPS) is 12.5. The summed E-state index contributed by atoms with van der Waals surface area (Å²) in [5, 5.41) is 2.73. The number of Topliss-reactive ketones (excluding diaryl/α,β-unsaturated/α-hetero) is 1. The highest BCUT2D eigenvalue weighted by Gasteiger charge is 2.44. The van der Waals surface area contributed by atoms with Crippen LogP contribution in [0.15, 0.2) is 0 Å². The van der Waals surface area contributed by atoms with Crippen molar-refractivity contribution < 1.29 is 53.9 Å². The number of hydrogen-bond donors (Lipinski definition) is 2. The number of nitrogens with one attached hydrogen (secondary N) is 1. The minimum absolute atomic E-state index is 0.0629. The molecule has 0 aliphatic carbocycles. The number of nitrogens with zero attached hydrogens (tertiary/aromatic N) is 2. The average molecular weight is 504 g/mol. The molecule has 0 heterocycles. The third-order valence-corrected chi connectivity index (χ3v) is 4.18. The highest BCUT2D eigenvalue weighted by molar-refractivity contribution is 5.84. The van der Waals surface area contributed by atoms with Gasteiger partial charge in [-0.05, 0) is 32.4 Å². The number of ketones is 1. The van der Waals surface area contributed by atoms with Gasteiger partial charge in [0.1, 0.15) is 0 Å². The summed E-state index contributed by atoms with van der Waals surface area (Å²) in [6.07, 6.45) is -17.7. The van der Waals surface area contributed by atoms with Crippen LogP contribution in [0.25, 0.3) is 0 Å². The lowest BCUT2D eigenvalue weighted by atomic mass is 10.2. The minimum Gasteiger partial charge on any atom is -0.335 e. The molecule has 3 N–H and O–H groups in total. The van der Waals surface area contributed by atoms with Crippen molar-refractivity contribution in [3.8, 4) is 0 Å². The van der Waals surface area contributed by atoms with Crippen molar-refractivity contribution in [2.24, 2.45) is 5.73 Å². The van der Waals surface area contributed by atoms with Gasteiger partial charge in [0, 0.05) is 39.1 Å². The minimum atomic E-state index is -5.39. The van der Waals surface area contributed by atoms with E-state index in [9.17, 15) is 53.9 Å². The van der Waals surface area contributed by atoms with Gasteiger partial charge >= 0.3 is 30.3 Å². The van der Waals surface area contributed by atoms with Crippen molar-refractivity contribution >= 4 is 17.6 Å². The molecule has 0 rings (SSSR count). The number of carbonyl (C=O) groups excluding carboxylic acids is 3. The molecule has 0 aliphatic heterocycles. The molecule has 0 saturated heterocycles. The molecule has 0 aromatic carbocycles. The standard InChI is InChI=1S/C17H25F9N4O3/c18-15(19,20)12(31)4-1-8-29(13(32)16(21,22)23)9-3-10-30(14(33)17(24,25)26)11-7-28-6-2-5-27/h28H,1-11,27H2. The lowest BCUT2D eigenvalue weighted by Gasteiger charge is -2.27. The fourth-order valence-electron chi connectivity index (χ4n) is 2.58. The van der Waals surface area contributed by atoms with Gasteiger partial charge in [-0.25, -0.2) is 0 Å². The third-order valence-electron chi connectivity index (χ3n) is 4.18. The van der Waals surface area contributed by atoms with Crippen molar-refractivity contribution in [2.75, 3.05) is 45.8 Å². The highest BCUT2D eigenvalue weighted by Crippen LogP contribution is 2.22. The fraction of sp³-hybridized carbons (Fsp3) is 0.824. The lowest BCUT2D eigenvalue weighted by Crippen LogP contribution is -2.46. The van der Waals surface area contributed by atoms with Gasteiger partial charge in [0.05, 0.1) is 0 Å². The Labute approximate surface area is 183 Å². The predicted molar refractivity (Wildman–Crippen MR) is 96.7 cm³/mol. The predicted octanol–water partition coefficient (Wildman–Crippen LogP) is 2.01. The van der Waals surface area contributed by atoms with Crippen molar-refractivity contribution in [3.05, 3.63) is 0 Å². The number of alkyl halides is 9. The zero-order valence-electron chi connectivity index (χ0n) is 17.4. The monoisotopic (exact) mass is 504 g/mol. The van der Waals surface area contributed by atoms with Crippen LogP contribution in [0, 0.1) is 0 Å². The van der Waals surface area contributed by atoms with E-state index in [0.29, 0.717) is 24.4 Å². The van der Waals surface area contributed by atoms with Crippen LogP contribution in [0.3, 0.4) is 0 Å². The Hall–Kier alpha value is -2.10. The van der Waals surface area contributed by atoms with Gasteiger partial charge in [0.15, 0.2) is 0 Å². The summed E-state index contributed by atoms with van der Waals surface area (Å²) in [7, 11) is 0. The van der Waals surface area contributed by atoms with Gasteiger partial charge in [0.25, 0.3) is 0 Å². The van der Waals surface area contributed by atoms with Gasteiger partial charge in [-0.2, -0.15) is 39.5 Å². The smallest absolute Gasteiger partial charge is 0.335 e. The lowest BCUT2D eigenvalue weighted by molar-refractivity contribution is -0.187. The van der Waals surface area contributed by atoms with Crippen LogP contribution in [0.1, 0.15) is 25.7 Å². The first-order valence-corrected chi connectivity index (χ1v) is 9.74. The molecular weight excluding hydrogens is 479 g/mol. The van der Waals surface area contributed by atoms with Gasteiger partial charge in [-0.15, -0.1) is 0 Å². The van der Waals surface area contributed by atoms with Crippen LogP contribution in [0.5, 0.6) is 0 Å². The van der Waals surface area contributed by atoms with Crippen LogP contribution in [0.4, 0.5) is 39.5 Å². The Balaban J connectivity index is 5.04. The van der Waals surface area contributed by atoms with E-state index in [4.69, 9.17) is 5.73 Å². The number of nitrogens with two attached hydrogens (primary N) is 1. The summed E-state index contributed by atoms with van der Waals surface area (Å²) in [4.78, 5) is 34.3. The van der Waals surface area contributed by atoms with E-state index in [1.165, 1.54) is 0 Å². The Bertz CT molecular complexity index is 637. The summed E-state index contributed by atoms with van der Waals surface area (Å²) in [5.41, 5.74) is 5.26. The Kier molecular flexibility index (Phi) is 12.7. The average Bonchev–Trinajstić information content (AvgIpc) is 2.67. The molecule has 0 fully saturated rings. The highest BCUT2D eigenvalue weighted by atomic mass is 19.4. The van der Waals surface area contributed by atoms with E-state index >= 15 is 0 Å². The molecule has 0 bridgehead atoms. The van der Waals surface area contributed by atoms with Gasteiger partial charge in [-0.3, -0.25) is 14.4 Å². The molecule has 2 amide bonds. The zero-order valence-corrected chi connectivity index (χ0v) is 17.4. The van der Waals surface area contributed by atoms with E-state index in [0.717, 1.165) is 0 Å². The molecule has 0 aromatic rings. The van der Waals surface area contributed by atoms with Crippen LogP contribution in [-0.4, -0.2) is 91.7 Å². The molecular formula is C17H25F9N4O3. The van der Waals surface area contributed by atoms with Crippen molar-refractivity contribution in [1.29, 1.82) is 0 Å². The molecule has 0 aliphatic rings. The number of halogens is 9. The number of hydrogen-bond acceptors (Lipinski definition) is 5. The maximum atomic E-state index is 12.8. The summed E-state index contributed by atoms with van der Waals surface area (Å²) >= 11 is 0. The maximum Gasteiger partial charge on any atom is 0.471 e. The second kappa shape index (κ2) is 13.6. The second-order valence-electron chi connectivity index (χ2n) is 6.85. The summed E-state index contributed by atoms with van der Waals surface area (Å²) in [6.45, 7) is -2.16. The van der Waals surface area contributed by atoms with Crippen molar-refractivity contribution in [1.82, 2.24) is 15.1 Å². The summed E-state index contributed by atoms with van der Waals surface area (Å²) < 4.78 is 113. The first-order valence-electron chi connectivity index (χ1n) is 9.74. The first kappa shape index (κ1) is 30.9. The SMILES string of the molecule is NCCCNCCN(CCCN(CCCC(=O)C(F)(F)F)C(=O)C(F)(F)F)C(=O)C(F)(F)F. The molecule has 194 valence electrons. The molecule has 7 nitrogen and oxygen atoms in total. The van der Waals surface area contributed by atoms with Crippen molar-refractivity contribution in [2.45, 2.75) is 44.2 Å². The summed E-state index contributed by atoms with van der Waals surface area (Å²) in [6, 6.07) is 0. The van der Waals surface area contributed by atoms with E-state index in [1.807, 2.05) is 0 Å². The first-order chi connectivity index (χ1) is 15.0. The van der Waals surface area contributed by atoms with E-state index in [2.05, 4.69) is 5.32 Å². The van der Waals surface area contributed by atoms with E-state index < -0.39 is 81.6 Å². The number of amides is 2. The zero-order chi connectivity index (χ0) is 25.9. The largest absolute Gasteiger partial charge is 0.471 e. The molecule has 0 atom stereocenters. The Morgan fingerprint density at radius 3 is 1.52 bits per heavy atom. The number of carbonyl (C=O) groups is 3. The maximum absolute atomic E-state index is 12.8. The topological polar surface area (TPSA) is 95.7 Å². The Morgan fingerprint density at radius 2 is 1.09 bits per heavy atom. The quantitative estimate of drug-likeness (QED) is 0.279.